The van der Waals surface area contributed by atoms with Crippen LogP contribution in [0.5, 0.6) is 0 Å². The lowest BCUT2D eigenvalue weighted by atomic mass is 9.85. The molecule has 7 rings (SSSR count). The number of sulfonamides is 1. The van der Waals surface area contributed by atoms with Crippen molar-refractivity contribution in [2.24, 2.45) is 0 Å². The molecular weight excluding hydrogens is 789 g/mol. The number of alkyl halides is 3. The number of pyridine rings is 2. The van der Waals surface area contributed by atoms with Gasteiger partial charge in [0.15, 0.2) is 0 Å². The summed E-state index contributed by atoms with van der Waals surface area (Å²) < 4.78 is 68.3. The zero-order chi connectivity index (χ0) is 40.1. The predicted molar refractivity (Wildman–Crippen MR) is 208 cm³/mol. The molecule has 1 saturated heterocycles. The minimum atomic E-state index is -3.88. The molecule has 1 saturated carbocycles. The van der Waals surface area contributed by atoms with Gasteiger partial charge in [-0.3, -0.25) is 19.1 Å². The molecule has 1 aliphatic carbocycles. The molecule has 12 nitrogen and oxygen atoms in total. The fourth-order valence-corrected chi connectivity index (χ4v) is 8.98. The molecule has 0 spiro atoms. The summed E-state index contributed by atoms with van der Waals surface area (Å²) in [5.74, 6) is 3.30. The molecule has 0 radical (unpaired) electrons. The van der Waals surface area contributed by atoms with Gasteiger partial charge in [-0.2, -0.15) is 5.26 Å². The summed E-state index contributed by atoms with van der Waals surface area (Å²) in [5.41, 5.74) is 1.37. The number of hydrogen-bond acceptors (Lipinski definition) is 11. The zero-order valence-electron chi connectivity index (χ0n) is 30.4. The summed E-state index contributed by atoms with van der Waals surface area (Å²) in [5, 5.41) is 12.2. The van der Waals surface area contributed by atoms with Crippen LogP contribution in [0.2, 0.25) is 5.02 Å². The van der Waals surface area contributed by atoms with Gasteiger partial charge >= 0.3 is 0 Å². The lowest BCUT2D eigenvalue weighted by Gasteiger charge is -2.46. The molecule has 1 aliphatic heterocycles. The summed E-state index contributed by atoms with van der Waals surface area (Å²) in [4.78, 5) is 44.3. The number of likely N-dealkylation sites (tertiary alicyclic amines) is 1. The van der Waals surface area contributed by atoms with Crippen molar-refractivity contribution in [3.63, 3.8) is 0 Å². The predicted octanol–water partition coefficient (Wildman–Crippen LogP) is 5.81. The number of aromatic nitrogens is 4. The van der Waals surface area contributed by atoms with Gasteiger partial charge in [-0.1, -0.05) is 23.4 Å². The second-order valence-electron chi connectivity index (χ2n) is 14.0. The number of aryl methyl sites for hydroxylation is 1. The number of anilines is 1. The molecule has 0 unspecified atom stereocenters. The molecule has 1 aromatic carbocycles. The number of nitriles is 1. The van der Waals surface area contributed by atoms with Crippen LogP contribution in [0.25, 0.3) is 32.2 Å². The maximum absolute atomic E-state index is 14.1. The summed E-state index contributed by atoms with van der Waals surface area (Å²) in [6.45, 7) is 1.86. The summed E-state index contributed by atoms with van der Waals surface area (Å²) >= 11 is 7.54. The number of carbonyl (C=O) groups excluding carboxylic acids is 1. The van der Waals surface area contributed by atoms with Crippen molar-refractivity contribution in [2.75, 3.05) is 31.3 Å². The number of fused-ring (bicyclic) bond motifs is 2. The fraction of sp³-hybridized carbons (Fsp3) is 0.368. The smallest absolute Gasteiger partial charge is 0.267 e. The Morgan fingerprint density at radius 2 is 1.91 bits per heavy atom. The SMILES string of the molecule is Cc1nc2cnc(N(C)C3CCN(C4CC(F)(F)C4)CC3)c(C#N)c2c(=O)n1CC#Cc1ccc(Cl)cc1-c1cc(CF)nc2c(C(=O)NS(C)(=O)=O)csc12. The number of nitrogens with one attached hydrogen (secondary N) is 1. The van der Waals surface area contributed by atoms with Crippen molar-refractivity contribution in [1.29, 1.82) is 5.26 Å². The first kappa shape index (κ1) is 39.2. The van der Waals surface area contributed by atoms with E-state index >= 15 is 0 Å². The Bertz CT molecular complexity index is 2690. The average molecular weight is 823 g/mol. The normalized spacial score (nSPS) is 16.2. The van der Waals surface area contributed by atoms with E-state index in [0.29, 0.717) is 64.0 Å². The third kappa shape index (κ3) is 7.69. The van der Waals surface area contributed by atoms with Gasteiger partial charge in [0.25, 0.3) is 17.4 Å². The highest BCUT2D eigenvalue weighted by molar-refractivity contribution is 7.89. The molecule has 2 fully saturated rings. The van der Waals surface area contributed by atoms with Crippen molar-refractivity contribution >= 4 is 65.8 Å². The minimum absolute atomic E-state index is 0.00174. The van der Waals surface area contributed by atoms with E-state index in [0.717, 1.165) is 17.6 Å². The van der Waals surface area contributed by atoms with Crippen molar-refractivity contribution in [2.45, 2.75) is 63.8 Å². The molecule has 4 aromatic heterocycles. The van der Waals surface area contributed by atoms with E-state index in [9.17, 15) is 36.4 Å². The summed E-state index contributed by atoms with van der Waals surface area (Å²) in [6, 6.07) is 8.47. The number of nitrogens with zero attached hydrogens (tertiary/aromatic N) is 7. The van der Waals surface area contributed by atoms with Crippen LogP contribution < -0.4 is 15.2 Å². The van der Waals surface area contributed by atoms with E-state index < -0.39 is 34.1 Å². The fourth-order valence-electron chi connectivity index (χ4n) is 7.34. The van der Waals surface area contributed by atoms with Crippen LogP contribution in [0.15, 0.2) is 40.6 Å². The van der Waals surface area contributed by atoms with Gasteiger partial charge in [0.2, 0.25) is 10.0 Å². The molecular formula is C38H34ClF3N8O4S2. The zero-order valence-corrected chi connectivity index (χ0v) is 32.8. The quantitative estimate of drug-likeness (QED) is 0.190. The average Bonchev–Trinajstić information content (AvgIpc) is 3.58. The number of halogens is 4. The molecule has 1 amide bonds. The Balaban J connectivity index is 1.20. The van der Waals surface area contributed by atoms with Crippen LogP contribution in [0.1, 0.15) is 58.7 Å². The second-order valence-corrected chi connectivity index (χ2v) is 17.1. The van der Waals surface area contributed by atoms with E-state index in [1.807, 2.05) is 16.7 Å². The number of carbonyl (C=O) groups is 1. The first-order valence-electron chi connectivity index (χ1n) is 17.5. The van der Waals surface area contributed by atoms with Crippen LogP contribution >= 0.6 is 22.9 Å². The van der Waals surface area contributed by atoms with Crippen LogP contribution in [-0.2, 0) is 23.2 Å². The van der Waals surface area contributed by atoms with E-state index in [1.54, 1.807) is 25.1 Å². The number of piperidine rings is 1. The maximum Gasteiger partial charge on any atom is 0.267 e. The molecule has 5 aromatic rings. The summed E-state index contributed by atoms with van der Waals surface area (Å²) in [6.07, 6.45) is 3.46. The highest BCUT2D eigenvalue weighted by Gasteiger charge is 2.48. The third-order valence-corrected chi connectivity index (χ3v) is 12.0. The van der Waals surface area contributed by atoms with Gasteiger partial charge in [0, 0.05) is 72.2 Å². The molecule has 0 bridgehead atoms. The van der Waals surface area contributed by atoms with Gasteiger partial charge in [-0.25, -0.2) is 41.3 Å². The molecule has 56 heavy (non-hydrogen) atoms. The molecule has 2 aliphatic rings. The molecule has 1 N–H and O–H groups in total. The van der Waals surface area contributed by atoms with E-state index in [-0.39, 0.29) is 64.7 Å². The second kappa shape index (κ2) is 15.1. The Morgan fingerprint density at radius 3 is 2.57 bits per heavy atom. The highest BCUT2D eigenvalue weighted by atomic mass is 35.5. The number of hydrogen-bond donors (Lipinski definition) is 1. The Morgan fingerprint density at radius 1 is 1.18 bits per heavy atom. The number of benzene rings is 1. The van der Waals surface area contributed by atoms with E-state index in [1.165, 1.54) is 22.2 Å². The highest BCUT2D eigenvalue weighted by Crippen LogP contribution is 2.42. The molecule has 5 heterocycles. The Kier molecular flexibility index (Phi) is 10.6. The van der Waals surface area contributed by atoms with Crippen molar-refractivity contribution in [3.8, 4) is 29.0 Å². The standard InChI is InChI=1S/C38H34ClF3N8O4S2/c1-21-45-31-19-44-35(48(2)25-8-11-49(12-9-25)26-15-38(41,42)16-26)29(18-43)32(31)37(52)50(21)10-4-5-22-6-7-23(39)13-27(22)28-14-24(17-40)46-33-30(20-55-34(28)33)36(51)47-56(3,53)54/h6-7,13-14,19-20,25-26H,8-12,15-17H2,1-3H3,(H,47,51). The number of amides is 1. The summed E-state index contributed by atoms with van der Waals surface area (Å²) in [7, 11) is -2.07. The minimum Gasteiger partial charge on any atom is -0.355 e. The van der Waals surface area contributed by atoms with Crippen LogP contribution in [0, 0.1) is 30.1 Å². The Hall–Kier alpha value is -5.07. The topological polar surface area (TPSA) is 154 Å². The largest absolute Gasteiger partial charge is 0.355 e. The Labute approximate surface area is 329 Å². The molecule has 290 valence electrons. The van der Waals surface area contributed by atoms with Crippen molar-refractivity contribution < 1.29 is 26.4 Å². The van der Waals surface area contributed by atoms with Crippen LogP contribution in [0.3, 0.4) is 0 Å². The first-order chi connectivity index (χ1) is 26.6. The number of rotatable bonds is 8. The van der Waals surface area contributed by atoms with Gasteiger partial charge in [0.1, 0.15) is 29.9 Å². The monoisotopic (exact) mass is 822 g/mol. The number of thiophene rings is 1. The van der Waals surface area contributed by atoms with Gasteiger partial charge in [-0.15, -0.1) is 11.3 Å². The maximum atomic E-state index is 14.1. The van der Waals surface area contributed by atoms with Crippen molar-refractivity contribution in [3.05, 3.63) is 79.4 Å². The van der Waals surface area contributed by atoms with Crippen LogP contribution in [0.4, 0.5) is 19.0 Å². The van der Waals surface area contributed by atoms with Crippen LogP contribution in [-0.4, -0.2) is 83.1 Å². The molecule has 0 atom stereocenters. The molecule has 18 heteroatoms. The lowest BCUT2D eigenvalue weighted by molar-refractivity contribution is -0.127. The van der Waals surface area contributed by atoms with Gasteiger partial charge in [0.05, 0.1) is 51.4 Å². The van der Waals surface area contributed by atoms with Gasteiger partial charge < -0.3 is 4.90 Å². The third-order valence-electron chi connectivity index (χ3n) is 10.2. The first-order valence-corrected chi connectivity index (χ1v) is 20.6. The van der Waals surface area contributed by atoms with Crippen molar-refractivity contribution in [1.82, 2.24) is 29.1 Å². The lowest BCUT2D eigenvalue weighted by Crippen LogP contribution is -2.55. The van der Waals surface area contributed by atoms with E-state index in [2.05, 4.69) is 37.8 Å². The van der Waals surface area contributed by atoms with E-state index in [4.69, 9.17) is 11.6 Å². The van der Waals surface area contributed by atoms with Gasteiger partial charge in [-0.05, 0) is 44.0 Å².